The number of carbonyl (C=O) groups is 1. The van der Waals surface area contributed by atoms with Gasteiger partial charge in [0.25, 0.3) is 5.91 Å². The fourth-order valence-electron chi connectivity index (χ4n) is 2.60. The Morgan fingerprint density at radius 1 is 1.04 bits per heavy atom. The highest BCUT2D eigenvalue weighted by Gasteiger charge is 2.12. The van der Waals surface area contributed by atoms with Crippen LogP contribution in [0.2, 0.25) is 5.02 Å². The van der Waals surface area contributed by atoms with Crippen molar-refractivity contribution in [2.45, 2.75) is 19.9 Å². The molecule has 1 unspecified atom stereocenters. The van der Waals surface area contributed by atoms with Crippen LogP contribution in [0, 0.1) is 6.92 Å². The molecular formula is C21H20ClN3O. The van der Waals surface area contributed by atoms with E-state index in [2.05, 4.69) is 15.6 Å². The molecule has 4 nitrogen and oxygen atoms in total. The number of anilines is 2. The summed E-state index contributed by atoms with van der Waals surface area (Å²) < 4.78 is 0. The van der Waals surface area contributed by atoms with Crippen molar-refractivity contribution in [3.05, 3.63) is 88.7 Å². The van der Waals surface area contributed by atoms with Crippen molar-refractivity contribution in [1.82, 2.24) is 10.3 Å². The van der Waals surface area contributed by atoms with E-state index in [0.29, 0.717) is 10.7 Å². The van der Waals surface area contributed by atoms with Crippen LogP contribution < -0.4 is 10.6 Å². The summed E-state index contributed by atoms with van der Waals surface area (Å²) in [4.78, 5) is 16.7. The first-order chi connectivity index (χ1) is 12.5. The third-order valence-corrected chi connectivity index (χ3v) is 4.60. The first-order valence-corrected chi connectivity index (χ1v) is 8.76. The molecule has 2 N–H and O–H groups in total. The maximum atomic E-state index is 12.4. The van der Waals surface area contributed by atoms with Crippen LogP contribution in [-0.2, 0) is 0 Å². The zero-order chi connectivity index (χ0) is 18.5. The number of hydrogen-bond donors (Lipinski definition) is 2. The number of hydrogen-bond acceptors (Lipinski definition) is 3. The van der Waals surface area contributed by atoms with E-state index >= 15 is 0 Å². The molecule has 1 heterocycles. The van der Waals surface area contributed by atoms with Gasteiger partial charge in [-0.1, -0.05) is 48.0 Å². The maximum Gasteiger partial charge on any atom is 0.270 e. The van der Waals surface area contributed by atoms with E-state index in [0.717, 1.165) is 22.5 Å². The number of carbonyl (C=O) groups excluding carboxylic acids is 1. The zero-order valence-electron chi connectivity index (χ0n) is 14.7. The van der Waals surface area contributed by atoms with Crippen LogP contribution in [0.15, 0.2) is 66.9 Å². The molecule has 3 rings (SSSR count). The molecule has 2 aromatic carbocycles. The van der Waals surface area contributed by atoms with Crippen molar-refractivity contribution < 1.29 is 4.79 Å². The van der Waals surface area contributed by atoms with Crippen LogP contribution in [0.5, 0.6) is 0 Å². The lowest BCUT2D eigenvalue weighted by Gasteiger charge is -2.14. The Labute approximate surface area is 158 Å². The van der Waals surface area contributed by atoms with Gasteiger partial charge in [-0.25, -0.2) is 4.98 Å². The number of benzene rings is 2. The van der Waals surface area contributed by atoms with Gasteiger partial charge in [0.15, 0.2) is 0 Å². The smallest absolute Gasteiger partial charge is 0.270 e. The highest BCUT2D eigenvalue weighted by molar-refractivity contribution is 6.31. The fraction of sp³-hybridized carbons (Fsp3) is 0.143. The van der Waals surface area contributed by atoms with Crippen LogP contribution in [0.25, 0.3) is 0 Å². The largest absolute Gasteiger partial charge is 0.354 e. The minimum Gasteiger partial charge on any atom is -0.354 e. The molecule has 0 saturated carbocycles. The molecule has 0 aliphatic rings. The number of pyridine rings is 1. The number of halogens is 1. The Bertz CT molecular complexity index is 895. The molecule has 0 saturated heterocycles. The molecule has 0 radical (unpaired) electrons. The number of rotatable bonds is 5. The molecule has 1 atom stereocenters. The van der Waals surface area contributed by atoms with E-state index in [-0.39, 0.29) is 11.9 Å². The lowest BCUT2D eigenvalue weighted by molar-refractivity contribution is 0.0935. The SMILES string of the molecule is Cc1c(Cl)cccc1Nc1ccc(C(=O)NC(C)c2ccccc2)nc1. The van der Waals surface area contributed by atoms with Crippen molar-refractivity contribution >= 4 is 28.9 Å². The topological polar surface area (TPSA) is 54.0 Å². The summed E-state index contributed by atoms with van der Waals surface area (Å²) in [6.45, 7) is 3.90. The number of nitrogens with one attached hydrogen (secondary N) is 2. The van der Waals surface area contributed by atoms with Crippen molar-refractivity contribution in [2.24, 2.45) is 0 Å². The maximum absolute atomic E-state index is 12.4. The summed E-state index contributed by atoms with van der Waals surface area (Å²) in [5.74, 6) is -0.202. The average molecular weight is 366 g/mol. The van der Waals surface area contributed by atoms with Crippen molar-refractivity contribution in [3.63, 3.8) is 0 Å². The van der Waals surface area contributed by atoms with Gasteiger partial charge in [-0.2, -0.15) is 0 Å². The first-order valence-electron chi connectivity index (χ1n) is 8.38. The van der Waals surface area contributed by atoms with Gasteiger partial charge in [-0.15, -0.1) is 0 Å². The quantitative estimate of drug-likeness (QED) is 0.646. The average Bonchev–Trinajstić information content (AvgIpc) is 2.66. The summed E-state index contributed by atoms with van der Waals surface area (Å²) in [6.07, 6.45) is 1.64. The summed E-state index contributed by atoms with van der Waals surface area (Å²) in [6, 6.07) is 19.0. The zero-order valence-corrected chi connectivity index (χ0v) is 15.4. The van der Waals surface area contributed by atoms with Gasteiger partial charge in [-0.05, 0) is 49.2 Å². The Hall–Kier alpha value is -2.85. The van der Waals surface area contributed by atoms with E-state index in [4.69, 9.17) is 11.6 Å². The number of amides is 1. The molecule has 0 fully saturated rings. The monoisotopic (exact) mass is 365 g/mol. The highest BCUT2D eigenvalue weighted by atomic mass is 35.5. The Morgan fingerprint density at radius 3 is 2.50 bits per heavy atom. The van der Waals surface area contributed by atoms with E-state index in [1.807, 2.05) is 68.4 Å². The van der Waals surface area contributed by atoms with Gasteiger partial charge < -0.3 is 10.6 Å². The molecule has 5 heteroatoms. The standard InChI is InChI=1S/C21H20ClN3O/c1-14-18(22)9-6-10-19(14)25-17-11-12-20(23-13-17)21(26)24-15(2)16-7-4-3-5-8-16/h3-13,15,25H,1-2H3,(H,24,26). The van der Waals surface area contributed by atoms with Crippen molar-refractivity contribution in [2.75, 3.05) is 5.32 Å². The van der Waals surface area contributed by atoms with Crippen molar-refractivity contribution in [3.8, 4) is 0 Å². The second kappa shape index (κ2) is 8.02. The molecule has 3 aromatic rings. The fourth-order valence-corrected chi connectivity index (χ4v) is 2.77. The second-order valence-corrected chi connectivity index (χ2v) is 6.48. The molecule has 0 spiro atoms. The molecule has 1 aromatic heterocycles. The van der Waals surface area contributed by atoms with Gasteiger partial charge in [-0.3, -0.25) is 4.79 Å². The second-order valence-electron chi connectivity index (χ2n) is 6.08. The highest BCUT2D eigenvalue weighted by Crippen LogP contribution is 2.25. The number of aromatic nitrogens is 1. The Balaban J connectivity index is 1.67. The lowest BCUT2D eigenvalue weighted by atomic mass is 10.1. The predicted molar refractivity (Wildman–Crippen MR) is 106 cm³/mol. The molecule has 0 aliphatic carbocycles. The van der Waals surface area contributed by atoms with Crippen LogP contribution in [-0.4, -0.2) is 10.9 Å². The van der Waals surface area contributed by atoms with Gasteiger partial charge in [0.05, 0.1) is 17.9 Å². The normalized spacial score (nSPS) is 11.7. The Kier molecular flexibility index (Phi) is 5.54. The molecular weight excluding hydrogens is 346 g/mol. The van der Waals surface area contributed by atoms with Gasteiger partial charge in [0, 0.05) is 10.7 Å². The van der Waals surface area contributed by atoms with Crippen LogP contribution >= 0.6 is 11.6 Å². The van der Waals surface area contributed by atoms with Gasteiger partial charge >= 0.3 is 0 Å². The van der Waals surface area contributed by atoms with Crippen LogP contribution in [0.3, 0.4) is 0 Å². The molecule has 1 amide bonds. The molecule has 26 heavy (non-hydrogen) atoms. The molecule has 132 valence electrons. The van der Waals surface area contributed by atoms with Gasteiger partial charge in [0.1, 0.15) is 5.69 Å². The number of nitrogens with zero attached hydrogens (tertiary/aromatic N) is 1. The third kappa shape index (κ3) is 4.21. The van der Waals surface area contributed by atoms with Crippen LogP contribution in [0.4, 0.5) is 11.4 Å². The predicted octanol–water partition coefficient (Wildman–Crippen LogP) is 5.28. The van der Waals surface area contributed by atoms with Gasteiger partial charge in [0.2, 0.25) is 0 Å². The van der Waals surface area contributed by atoms with E-state index in [1.54, 1.807) is 12.3 Å². The molecule has 0 aliphatic heterocycles. The summed E-state index contributed by atoms with van der Waals surface area (Å²) in [7, 11) is 0. The third-order valence-electron chi connectivity index (χ3n) is 4.19. The van der Waals surface area contributed by atoms with Crippen LogP contribution in [0.1, 0.15) is 34.6 Å². The minimum absolute atomic E-state index is 0.0857. The molecule has 0 bridgehead atoms. The lowest BCUT2D eigenvalue weighted by Crippen LogP contribution is -2.27. The van der Waals surface area contributed by atoms with E-state index in [1.165, 1.54) is 0 Å². The van der Waals surface area contributed by atoms with E-state index < -0.39 is 0 Å². The summed E-state index contributed by atoms with van der Waals surface area (Å²) >= 11 is 6.14. The summed E-state index contributed by atoms with van der Waals surface area (Å²) in [5, 5.41) is 6.93. The minimum atomic E-state index is -0.202. The Morgan fingerprint density at radius 2 is 1.81 bits per heavy atom. The van der Waals surface area contributed by atoms with E-state index in [9.17, 15) is 4.79 Å². The first kappa shape index (κ1) is 18.0. The summed E-state index contributed by atoms with van der Waals surface area (Å²) in [5.41, 5.74) is 4.10. The van der Waals surface area contributed by atoms with Crippen molar-refractivity contribution in [1.29, 1.82) is 0 Å².